The summed E-state index contributed by atoms with van der Waals surface area (Å²) < 4.78 is 9.56. The van der Waals surface area contributed by atoms with Gasteiger partial charge in [0.15, 0.2) is 18.1 Å². The van der Waals surface area contributed by atoms with Crippen LogP contribution in [0.5, 0.6) is 5.88 Å². The first-order valence-corrected chi connectivity index (χ1v) is 5.97. The summed E-state index contributed by atoms with van der Waals surface area (Å²) in [5.74, 6) is -1.61. The van der Waals surface area contributed by atoms with E-state index in [1.54, 1.807) is 24.3 Å². The number of hydrogen-bond donors (Lipinski definition) is 1. The molecular weight excluding hydrogens is 276 g/mol. The van der Waals surface area contributed by atoms with Gasteiger partial charge in [0.25, 0.3) is 0 Å². The van der Waals surface area contributed by atoms with Crippen molar-refractivity contribution < 1.29 is 24.2 Å². The highest BCUT2D eigenvalue weighted by Crippen LogP contribution is 2.19. The van der Waals surface area contributed by atoms with Crippen LogP contribution >= 0.6 is 0 Å². The molecule has 0 saturated heterocycles. The van der Waals surface area contributed by atoms with Gasteiger partial charge in [-0.25, -0.2) is 14.6 Å². The standard InChI is InChI=1S/C14H12N2O5/c1-20-12(17)8-21-11-7-10(14(18)19)15-13(16-11)9-5-3-2-4-6-9/h2-7H,8H2,1H3,(H,18,19). The number of benzene rings is 1. The quantitative estimate of drug-likeness (QED) is 0.830. The van der Waals surface area contributed by atoms with Gasteiger partial charge >= 0.3 is 11.9 Å². The van der Waals surface area contributed by atoms with E-state index in [4.69, 9.17) is 9.84 Å². The maximum Gasteiger partial charge on any atom is 0.354 e. The molecule has 2 aromatic rings. The Morgan fingerprint density at radius 3 is 2.52 bits per heavy atom. The fourth-order valence-corrected chi connectivity index (χ4v) is 1.52. The lowest BCUT2D eigenvalue weighted by Gasteiger charge is -2.07. The van der Waals surface area contributed by atoms with Crippen molar-refractivity contribution in [3.05, 3.63) is 42.1 Å². The SMILES string of the molecule is COC(=O)COc1cc(C(=O)O)nc(-c2ccccc2)n1. The van der Waals surface area contributed by atoms with Crippen molar-refractivity contribution in [3.8, 4) is 17.3 Å². The Morgan fingerprint density at radius 2 is 1.90 bits per heavy atom. The van der Waals surface area contributed by atoms with Gasteiger partial charge < -0.3 is 14.6 Å². The van der Waals surface area contributed by atoms with Gasteiger partial charge in [-0.05, 0) is 0 Å². The molecule has 0 fully saturated rings. The average Bonchev–Trinajstić information content (AvgIpc) is 2.53. The van der Waals surface area contributed by atoms with Gasteiger partial charge in [-0.2, -0.15) is 4.98 Å². The Balaban J connectivity index is 2.35. The molecule has 1 aromatic heterocycles. The lowest BCUT2D eigenvalue weighted by molar-refractivity contribution is -0.143. The zero-order chi connectivity index (χ0) is 15.2. The van der Waals surface area contributed by atoms with Crippen molar-refractivity contribution in [1.29, 1.82) is 0 Å². The number of aromatic nitrogens is 2. The highest BCUT2D eigenvalue weighted by atomic mass is 16.6. The molecular formula is C14H12N2O5. The number of aromatic carboxylic acids is 1. The minimum atomic E-state index is -1.21. The number of methoxy groups -OCH3 is 1. The first-order valence-electron chi connectivity index (χ1n) is 5.97. The van der Waals surface area contributed by atoms with E-state index in [0.29, 0.717) is 5.56 Å². The molecule has 7 heteroatoms. The third-order valence-corrected chi connectivity index (χ3v) is 2.52. The molecule has 2 rings (SSSR count). The van der Waals surface area contributed by atoms with Gasteiger partial charge in [0.05, 0.1) is 7.11 Å². The van der Waals surface area contributed by atoms with Crippen LogP contribution in [0.1, 0.15) is 10.5 Å². The van der Waals surface area contributed by atoms with Gasteiger partial charge in [-0.15, -0.1) is 0 Å². The normalized spacial score (nSPS) is 9.95. The maximum atomic E-state index is 11.1. The van der Waals surface area contributed by atoms with Gasteiger partial charge in [0.2, 0.25) is 5.88 Å². The number of hydrogen-bond acceptors (Lipinski definition) is 6. The third kappa shape index (κ3) is 3.75. The smallest absolute Gasteiger partial charge is 0.354 e. The van der Waals surface area contributed by atoms with Gasteiger partial charge in [-0.1, -0.05) is 30.3 Å². The Labute approximate surface area is 120 Å². The molecule has 0 spiro atoms. The topological polar surface area (TPSA) is 98.6 Å². The highest BCUT2D eigenvalue weighted by molar-refractivity contribution is 5.86. The summed E-state index contributed by atoms with van der Waals surface area (Å²) in [7, 11) is 1.23. The molecule has 0 saturated carbocycles. The molecule has 1 aromatic carbocycles. The summed E-state index contributed by atoms with van der Waals surface area (Å²) in [4.78, 5) is 30.2. The van der Waals surface area contributed by atoms with Crippen LogP contribution in [-0.4, -0.2) is 40.7 Å². The van der Waals surface area contributed by atoms with E-state index in [0.717, 1.165) is 6.07 Å². The Kier molecular flexibility index (Phi) is 4.45. The molecule has 0 bridgehead atoms. The van der Waals surface area contributed by atoms with Crippen molar-refractivity contribution in [1.82, 2.24) is 9.97 Å². The van der Waals surface area contributed by atoms with E-state index in [2.05, 4.69) is 14.7 Å². The van der Waals surface area contributed by atoms with Crippen LogP contribution in [0.4, 0.5) is 0 Å². The summed E-state index contributed by atoms with van der Waals surface area (Å²) in [5.41, 5.74) is 0.423. The predicted molar refractivity (Wildman–Crippen MR) is 71.9 cm³/mol. The maximum absolute atomic E-state index is 11.1. The van der Waals surface area contributed by atoms with Crippen molar-refractivity contribution >= 4 is 11.9 Å². The number of carbonyl (C=O) groups excluding carboxylic acids is 1. The molecule has 0 aliphatic rings. The molecule has 0 aliphatic carbocycles. The fourth-order valence-electron chi connectivity index (χ4n) is 1.52. The van der Waals surface area contributed by atoms with Crippen LogP contribution in [0, 0.1) is 0 Å². The van der Waals surface area contributed by atoms with Crippen molar-refractivity contribution in [3.63, 3.8) is 0 Å². The second kappa shape index (κ2) is 6.47. The average molecular weight is 288 g/mol. The summed E-state index contributed by atoms with van der Waals surface area (Å²) >= 11 is 0. The minimum Gasteiger partial charge on any atom is -0.477 e. The number of rotatable bonds is 5. The van der Waals surface area contributed by atoms with Gasteiger partial charge in [0, 0.05) is 11.6 Å². The molecule has 0 radical (unpaired) electrons. The number of esters is 1. The largest absolute Gasteiger partial charge is 0.477 e. The van der Waals surface area contributed by atoms with Crippen LogP contribution in [-0.2, 0) is 9.53 Å². The van der Waals surface area contributed by atoms with Crippen molar-refractivity contribution in [2.24, 2.45) is 0 Å². The number of carbonyl (C=O) groups is 2. The number of ether oxygens (including phenoxy) is 2. The highest BCUT2D eigenvalue weighted by Gasteiger charge is 2.13. The summed E-state index contributed by atoms with van der Waals surface area (Å²) in [5, 5.41) is 9.07. The first kappa shape index (κ1) is 14.4. The zero-order valence-corrected chi connectivity index (χ0v) is 11.1. The van der Waals surface area contributed by atoms with Crippen LogP contribution in [0.2, 0.25) is 0 Å². The predicted octanol–water partition coefficient (Wildman–Crippen LogP) is 1.39. The molecule has 0 amide bonds. The zero-order valence-electron chi connectivity index (χ0n) is 11.1. The van der Waals surface area contributed by atoms with E-state index in [-0.39, 0.29) is 24.0 Å². The molecule has 1 heterocycles. The molecule has 1 N–H and O–H groups in total. The minimum absolute atomic E-state index is 0.00773. The second-order valence-corrected chi connectivity index (χ2v) is 3.95. The second-order valence-electron chi connectivity index (χ2n) is 3.95. The third-order valence-electron chi connectivity index (χ3n) is 2.52. The fraction of sp³-hybridized carbons (Fsp3) is 0.143. The van der Waals surface area contributed by atoms with Crippen molar-refractivity contribution in [2.45, 2.75) is 0 Å². The summed E-state index contributed by atoms with van der Waals surface area (Å²) in [6, 6.07) is 10.0. The van der Waals surface area contributed by atoms with E-state index < -0.39 is 11.9 Å². The van der Waals surface area contributed by atoms with Crippen LogP contribution in [0.25, 0.3) is 11.4 Å². The van der Waals surface area contributed by atoms with Crippen LogP contribution < -0.4 is 4.74 Å². The van der Waals surface area contributed by atoms with Crippen LogP contribution in [0.15, 0.2) is 36.4 Å². The van der Waals surface area contributed by atoms with Gasteiger partial charge in [0.1, 0.15) is 0 Å². The monoisotopic (exact) mass is 288 g/mol. The molecule has 21 heavy (non-hydrogen) atoms. The summed E-state index contributed by atoms with van der Waals surface area (Å²) in [6.07, 6.45) is 0. The molecule has 0 atom stereocenters. The van der Waals surface area contributed by atoms with E-state index >= 15 is 0 Å². The molecule has 108 valence electrons. The van der Waals surface area contributed by atoms with Crippen molar-refractivity contribution in [2.75, 3.05) is 13.7 Å². The Hall–Kier alpha value is -2.96. The van der Waals surface area contributed by atoms with E-state index in [1.165, 1.54) is 7.11 Å². The number of carboxylic acids is 1. The number of carboxylic acid groups (broad SMARTS) is 1. The summed E-state index contributed by atoms with van der Waals surface area (Å²) in [6.45, 7) is -0.360. The first-order chi connectivity index (χ1) is 10.1. The van der Waals surface area contributed by atoms with Gasteiger partial charge in [-0.3, -0.25) is 0 Å². The lowest BCUT2D eigenvalue weighted by Crippen LogP contribution is -2.14. The Bertz CT molecular complexity index is 658. The van der Waals surface area contributed by atoms with E-state index in [1.807, 2.05) is 6.07 Å². The van der Waals surface area contributed by atoms with Crippen LogP contribution in [0.3, 0.4) is 0 Å². The Morgan fingerprint density at radius 1 is 1.19 bits per heavy atom. The lowest BCUT2D eigenvalue weighted by atomic mass is 10.2. The molecule has 0 unspecified atom stereocenters. The molecule has 7 nitrogen and oxygen atoms in total. The molecule has 0 aliphatic heterocycles. The van der Waals surface area contributed by atoms with E-state index in [9.17, 15) is 9.59 Å². The number of nitrogens with zero attached hydrogens (tertiary/aromatic N) is 2.